The first-order chi connectivity index (χ1) is 7.65. The number of carbonyl (C=O) groups is 1. The Kier molecular flexibility index (Phi) is 4.71. The number of nitrogens with one attached hydrogen (secondary N) is 1. The van der Waals surface area contributed by atoms with Gasteiger partial charge in [-0.15, -0.1) is 11.3 Å². The predicted molar refractivity (Wildman–Crippen MR) is 60.8 cm³/mol. The molecule has 1 amide bonds. The molecule has 16 heavy (non-hydrogen) atoms. The number of carbonyl (C=O) groups excluding carboxylic acids is 1. The average Bonchev–Trinajstić information content (AvgIpc) is 2.64. The van der Waals surface area contributed by atoms with E-state index in [0.717, 1.165) is 5.01 Å². The lowest BCUT2D eigenvalue weighted by Gasteiger charge is -2.11. The standard InChI is InChI=1S/C8H12N6OS/c1-5-13-6(4-16-5)7(8(9)15)11-2-3-12-14-10/h4,7,11H,2-3H2,1H3,(H2,9,15). The minimum atomic E-state index is -0.626. The monoisotopic (exact) mass is 240 g/mol. The molecule has 1 atom stereocenters. The van der Waals surface area contributed by atoms with E-state index < -0.39 is 11.9 Å². The number of hydrogen-bond acceptors (Lipinski definition) is 5. The second kappa shape index (κ2) is 6.06. The first-order valence-corrected chi connectivity index (χ1v) is 5.48. The van der Waals surface area contributed by atoms with Crippen molar-refractivity contribution in [2.45, 2.75) is 13.0 Å². The fourth-order valence-electron chi connectivity index (χ4n) is 1.17. The van der Waals surface area contributed by atoms with Crippen molar-refractivity contribution >= 4 is 17.2 Å². The van der Waals surface area contributed by atoms with Crippen molar-refractivity contribution in [3.05, 3.63) is 26.5 Å². The maximum atomic E-state index is 11.2. The summed E-state index contributed by atoms with van der Waals surface area (Å²) >= 11 is 1.45. The Morgan fingerprint density at radius 2 is 2.62 bits per heavy atom. The van der Waals surface area contributed by atoms with Gasteiger partial charge < -0.3 is 11.1 Å². The molecule has 1 heterocycles. The second-order valence-corrected chi connectivity index (χ2v) is 4.10. The lowest BCUT2D eigenvalue weighted by Crippen LogP contribution is -2.35. The molecule has 0 fully saturated rings. The van der Waals surface area contributed by atoms with Gasteiger partial charge in [0.2, 0.25) is 5.91 Å². The summed E-state index contributed by atoms with van der Waals surface area (Å²) in [6.07, 6.45) is 0. The Bertz CT molecular complexity index is 410. The van der Waals surface area contributed by atoms with E-state index in [0.29, 0.717) is 12.2 Å². The van der Waals surface area contributed by atoms with Crippen LogP contribution in [0.1, 0.15) is 16.7 Å². The predicted octanol–water partition coefficient (Wildman–Crippen LogP) is 0.878. The van der Waals surface area contributed by atoms with Gasteiger partial charge in [0.15, 0.2) is 0 Å². The van der Waals surface area contributed by atoms with E-state index in [9.17, 15) is 4.79 Å². The first-order valence-electron chi connectivity index (χ1n) is 4.60. The van der Waals surface area contributed by atoms with E-state index >= 15 is 0 Å². The molecule has 7 nitrogen and oxygen atoms in total. The summed E-state index contributed by atoms with van der Waals surface area (Å²) in [6, 6.07) is -0.626. The number of aromatic nitrogens is 1. The molecule has 1 unspecified atom stereocenters. The number of azide groups is 1. The highest BCUT2D eigenvalue weighted by molar-refractivity contribution is 7.09. The Morgan fingerprint density at radius 3 is 3.12 bits per heavy atom. The molecular formula is C8H12N6OS. The van der Waals surface area contributed by atoms with Crippen LogP contribution in [0.2, 0.25) is 0 Å². The summed E-state index contributed by atoms with van der Waals surface area (Å²) < 4.78 is 0. The Labute approximate surface area is 96.3 Å². The van der Waals surface area contributed by atoms with Crippen molar-refractivity contribution in [2.75, 3.05) is 13.1 Å². The van der Waals surface area contributed by atoms with Crippen LogP contribution < -0.4 is 11.1 Å². The second-order valence-electron chi connectivity index (χ2n) is 3.04. The van der Waals surface area contributed by atoms with Gasteiger partial charge in [-0.2, -0.15) is 0 Å². The minimum absolute atomic E-state index is 0.267. The van der Waals surface area contributed by atoms with Crippen LogP contribution >= 0.6 is 11.3 Å². The van der Waals surface area contributed by atoms with Crippen LogP contribution in [0.3, 0.4) is 0 Å². The van der Waals surface area contributed by atoms with Crippen LogP contribution in [0, 0.1) is 6.92 Å². The van der Waals surface area contributed by atoms with Crippen molar-refractivity contribution in [1.82, 2.24) is 10.3 Å². The molecule has 0 aromatic carbocycles. The molecule has 0 spiro atoms. The van der Waals surface area contributed by atoms with E-state index in [1.54, 1.807) is 5.38 Å². The van der Waals surface area contributed by atoms with Crippen molar-refractivity contribution in [3.8, 4) is 0 Å². The highest BCUT2D eigenvalue weighted by atomic mass is 32.1. The highest BCUT2D eigenvalue weighted by Crippen LogP contribution is 2.15. The summed E-state index contributed by atoms with van der Waals surface area (Å²) in [5.74, 6) is -0.494. The van der Waals surface area contributed by atoms with E-state index in [-0.39, 0.29) is 6.54 Å². The zero-order chi connectivity index (χ0) is 12.0. The number of amides is 1. The van der Waals surface area contributed by atoms with Crippen LogP contribution in [-0.4, -0.2) is 24.0 Å². The smallest absolute Gasteiger partial charge is 0.240 e. The molecule has 0 saturated carbocycles. The third-order valence-electron chi connectivity index (χ3n) is 1.84. The summed E-state index contributed by atoms with van der Waals surface area (Å²) in [6.45, 7) is 2.50. The Balaban J connectivity index is 2.61. The maximum Gasteiger partial charge on any atom is 0.240 e. The molecule has 0 aliphatic rings. The zero-order valence-electron chi connectivity index (χ0n) is 8.75. The molecule has 0 bridgehead atoms. The van der Waals surface area contributed by atoms with Gasteiger partial charge in [0, 0.05) is 23.4 Å². The van der Waals surface area contributed by atoms with Gasteiger partial charge in [0.25, 0.3) is 0 Å². The van der Waals surface area contributed by atoms with Gasteiger partial charge in [-0.05, 0) is 12.5 Å². The number of nitrogens with two attached hydrogens (primary N) is 1. The third-order valence-corrected chi connectivity index (χ3v) is 2.63. The summed E-state index contributed by atoms with van der Waals surface area (Å²) in [7, 11) is 0. The van der Waals surface area contributed by atoms with Crippen molar-refractivity contribution in [2.24, 2.45) is 10.8 Å². The molecular weight excluding hydrogens is 228 g/mol. The van der Waals surface area contributed by atoms with E-state index in [1.807, 2.05) is 6.92 Å². The van der Waals surface area contributed by atoms with E-state index in [4.69, 9.17) is 11.3 Å². The number of primary amides is 1. The molecule has 8 heteroatoms. The number of rotatable bonds is 6. The van der Waals surface area contributed by atoms with Gasteiger partial charge >= 0.3 is 0 Å². The molecule has 0 radical (unpaired) electrons. The molecule has 1 aromatic rings. The Morgan fingerprint density at radius 1 is 1.88 bits per heavy atom. The lowest BCUT2D eigenvalue weighted by molar-refractivity contribution is -0.120. The fourth-order valence-corrected chi connectivity index (χ4v) is 1.81. The van der Waals surface area contributed by atoms with Gasteiger partial charge in [-0.1, -0.05) is 5.11 Å². The van der Waals surface area contributed by atoms with Crippen molar-refractivity contribution in [1.29, 1.82) is 0 Å². The molecule has 0 aliphatic carbocycles. The quantitative estimate of drug-likeness (QED) is 0.332. The van der Waals surface area contributed by atoms with Crippen LogP contribution in [0.25, 0.3) is 10.4 Å². The van der Waals surface area contributed by atoms with Crippen LogP contribution in [0.5, 0.6) is 0 Å². The fraction of sp³-hybridized carbons (Fsp3) is 0.500. The average molecular weight is 240 g/mol. The van der Waals surface area contributed by atoms with Gasteiger partial charge in [0.1, 0.15) is 6.04 Å². The Hall–Kier alpha value is -1.63. The van der Waals surface area contributed by atoms with Gasteiger partial charge in [0.05, 0.1) is 10.7 Å². The highest BCUT2D eigenvalue weighted by Gasteiger charge is 2.19. The van der Waals surface area contributed by atoms with Gasteiger partial charge in [-0.25, -0.2) is 4.98 Å². The minimum Gasteiger partial charge on any atom is -0.368 e. The normalized spacial score (nSPS) is 11.8. The number of hydrogen-bond donors (Lipinski definition) is 2. The molecule has 86 valence electrons. The molecule has 1 rings (SSSR count). The van der Waals surface area contributed by atoms with E-state index in [2.05, 4.69) is 20.3 Å². The topological polar surface area (TPSA) is 117 Å². The SMILES string of the molecule is Cc1nc(C(NCCN=[N+]=[N-])C(N)=O)cs1. The van der Waals surface area contributed by atoms with Crippen LogP contribution in [0.15, 0.2) is 10.5 Å². The first kappa shape index (κ1) is 12.4. The molecule has 0 saturated heterocycles. The largest absolute Gasteiger partial charge is 0.368 e. The van der Waals surface area contributed by atoms with Crippen molar-refractivity contribution in [3.63, 3.8) is 0 Å². The maximum absolute atomic E-state index is 11.2. The van der Waals surface area contributed by atoms with Crippen LogP contribution in [0.4, 0.5) is 0 Å². The number of thiazole rings is 1. The molecule has 3 N–H and O–H groups in total. The lowest BCUT2D eigenvalue weighted by atomic mass is 10.2. The third kappa shape index (κ3) is 3.50. The molecule has 1 aromatic heterocycles. The van der Waals surface area contributed by atoms with Gasteiger partial charge in [-0.3, -0.25) is 4.79 Å². The summed E-state index contributed by atoms with van der Waals surface area (Å²) in [5, 5.41) is 8.89. The number of nitrogens with zero attached hydrogens (tertiary/aromatic N) is 4. The summed E-state index contributed by atoms with van der Waals surface area (Å²) in [5.41, 5.74) is 13.9. The van der Waals surface area contributed by atoms with Crippen LogP contribution in [-0.2, 0) is 4.79 Å². The van der Waals surface area contributed by atoms with Crippen molar-refractivity contribution < 1.29 is 4.79 Å². The molecule has 0 aliphatic heterocycles. The number of aryl methyl sites for hydroxylation is 1. The summed E-state index contributed by atoms with van der Waals surface area (Å²) in [4.78, 5) is 18.0. The zero-order valence-corrected chi connectivity index (χ0v) is 9.57. The van der Waals surface area contributed by atoms with E-state index in [1.165, 1.54) is 11.3 Å².